The van der Waals surface area contributed by atoms with Gasteiger partial charge in [0.05, 0.1) is 17.4 Å². The Morgan fingerprint density at radius 3 is 2.67 bits per heavy atom. The molecule has 0 aromatic heterocycles. The van der Waals surface area contributed by atoms with Gasteiger partial charge in [0.2, 0.25) is 0 Å². The standard InChI is InChI=1S/C9H17NO4S/c1-8(9(11)12)7-10-3-2-5-15(13,14)6-4-10/h8H,2-7H2,1H3,(H,11,12). The quantitative estimate of drug-likeness (QED) is 0.735. The van der Waals surface area contributed by atoms with Crippen LogP contribution < -0.4 is 0 Å². The number of aliphatic carboxylic acids is 1. The summed E-state index contributed by atoms with van der Waals surface area (Å²) in [4.78, 5) is 12.6. The summed E-state index contributed by atoms with van der Waals surface area (Å²) in [5, 5.41) is 8.74. The van der Waals surface area contributed by atoms with Crippen LogP contribution in [0.5, 0.6) is 0 Å². The van der Waals surface area contributed by atoms with Crippen molar-refractivity contribution in [2.45, 2.75) is 13.3 Å². The van der Waals surface area contributed by atoms with Crippen molar-refractivity contribution in [3.8, 4) is 0 Å². The minimum absolute atomic E-state index is 0.152. The normalized spacial score (nSPS) is 24.3. The SMILES string of the molecule is CC(CN1CCCS(=O)(=O)CC1)C(=O)O. The van der Waals surface area contributed by atoms with Crippen molar-refractivity contribution in [2.75, 3.05) is 31.1 Å². The second-order valence-electron chi connectivity index (χ2n) is 4.05. The van der Waals surface area contributed by atoms with E-state index in [4.69, 9.17) is 5.11 Å². The molecule has 88 valence electrons. The molecule has 5 nitrogen and oxygen atoms in total. The van der Waals surface area contributed by atoms with Gasteiger partial charge in [-0.15, -0.1) is 0 Å². The summed E-state index contributed by atoms with van der Waals surface area (Å²) in [6.45, 7) is 3.21. The summed E-state index contributed by atoms with van der Waals surface area (Å²) < 4.78 is 22.6. The Balaban J connectivity index is 2.48. The summed E-state index contributed by atoms with van der Waals surface area (Å²) in [6, 6.07) is 0. The van der Waals surface area contributed by atoms with Crippen LogP contribution in [-0.2, 0) is 14.6 Å². The first-order chi connectivity index (χ1) is 6.91. The molecule has 1 N–H and O–H groups in total. The van der Waals surface area contributed by atoms with Crippen LogP contribution in [0.15, 0.2) is 0 Å². The molecule has 1 rings (SSSR count). The van der Waals surface area contributed by atoms with Gasteiger partial charge in [-0.05, 0) is 13.0 Å². The Labute approximate surface area is 90.0 Å². The maximum atomic E-state index is 11.3. The molecule has 0 amide bonds. The summed E-state index contributed by atoms with van der Waals surface area (Å²) in [5.41, 5.74) is 0. The van der Waals surface area contributed by atoms with E-state index in [2.05, 4.69) is 0 Å². The predicted molar refractivity (Wildman–Crippen MR) is 56.5 cm³/mol. The summed E-state index contributed by atoms with van der Waals surface area (Å²) >= 11 is 0. The first-order valence-corrected chi connectivity index (χ1v) is 6.88. The van der Waals surface area contributed by atoms with Gasteiger partial charge in [0.15, 0.2) is 9.84 Å². The highest BCUT2D eigenvalue weighted by atomic mass is 32.2. The van der Waals surface area contributed by atoms with Crippen molar-refractivity contribution < 1.29 is 18.3 Å². The lowest BCUT2D eigenvalue weighted by atomic mass is 10.1. The molecule has 0 radical (unpaired) electrons. The van der Waals surface area contributed by atoms with E-state index in [9.17, 15) is 13.2 Å². The minimum atomic E-state index is -2.90. The van der Waals surface area contributed by atoms with Gasteiger partial charge in [0.25, 0.3) is 0 Å². The second-order valence-corrected chi connectivity index (χ2v) is 6.35. The Kier molecular flexibility index (Phi) is 4.10. The zero-order valence-electron chi connectivity index (χ0n) is 8.85. The largest absolute Gasteiger partial charge is 0.481 e. The fourth-order valence-electron chi connectivity index (χ4n) is 1.64. The average Bonchev–Trinajstić information content (AvgIpc) is 2.28. The van der Waals surface area contributed by atoms with Crippen molar-refractivity contribution in [1.82, 2.24) is 4.90 Å². The van der Waals surface area contributed by atoms with E-state index in [1.165, 1.54) is 0 Å². The van der Waals surface area contributed by atoms with Gasteiger partial charge in [-0.2, -0.15) is 0 Å². The Bertz CT molecular complexity index is 325. The number of sulfone groups is 1. The van der Waals surface area contributed by atoms with E-state index in [0.29, 0.717) is 26.1 Å². The third-order valence-corrected chi connectivity index (χ3v) is 4.32. The van der Waals surface area contributed by atoms with Crippen LogP contribution in [0.3, 0.4) is 0 Å². The summed E-state index contributed by atoms with van der Waals surface area (Å²) in [5.74, 6) is -0.891. The van der Waals surface area contributed by atoms with Gasteiger partial charge >= 0.3 is 5.97 Å². The van der Waals surface area contributed by atoms with Gasteiger partial charge in [0, 0.05) is 13.1 Å². The molecule has 0 spiro atoms. The van der Waals surface area contributed by atoms with Crippen LogP contribution >= 0.6 is 0 Å². The van der Waals surface area contributed by atoms with Crippen LogP contribution in [-0.4, -0.2) is 55.5 Å². The van der Waals surface area contributed by atoms with Crippen LogP contribution in [0.4, 0.5) is 0 Å². The molecule has 0 aromatic rings. The first-order valence-electron chi connectivity index (χ1n) is 5.06. The lowest BCUT2D eigenvalue weighted by Crippen LogP contribution is -2.34. The number of hydrogen-bond acceptors (Lipinski definition) is 4. The molecule has 0 bridgehead atoms. The molecular formula is C9H17NO4S. The van der Waals surface area contributed by atoms with Crippen molar-refractivity contribution >= 4 is 15.8 Å². The number of carbonyl (C=O) groups is 1. The molecule has 0 aromatic carbocycles. The fraction of sp³-hybridized carbons (Fsp3) is 0.889. The number of rotatable bonds is 3. The van der Waals surface area contributed by atoms with Crippen LogP contribution in [0.2, 0.25) is 0 Å². The third-order valence-electron chi connectivity index (χ3n) is 2.60. The molecule has 1 aliphatic heterocycles. The highest BCUT2D eigenvalue weighted by Gasteiger charge is 2.22. The van der Waals surface area contributed by atoms with Gasteiger partial charge in [-0.25, -0.2) is 8.42 Å². The molecular weight excluding hydrogens is 218 g/mol. The zero-order valence-corrected chi connectivity index (χ0v) is 9.66. The monoisotopic (exact) mass is 235 g/mol. The maximum Gasteiger partial charge on any atom is 0.307 e. The Morgan fingerprint density at radius 1 is 1.40 bits per heavy atom. The molecule has 0 aliphatic carbocycles. The third kappa shape index (κ3) is 4.17. The minimum Gasteiger partial charge on any atom is -0.481 e. The Morgan fingerprint density at radius 2 is 2.07 bits per heavy atom. The van der Waals surface area contributed by atoms with Gasteiger partial charge in [0.1, 0.15) is 0 Å². The average molecular weight is 235 g/mol. The van der Waals surface area contributed by atoms with E-state index in [1.54, 1.807) is 6.92 Å². The molecule has 1 fully saturated rings. The number of hydrogen-bond donors (Lipinski definition) is 1. The van der Waals surface area contributed by atoms with Crippen molar-refractivity contribution in [3.05, 3.63) is 0 Å². The van der Waals surface area contributed by atoms with E-state index >= 15 is 0 Å². The van der Waals surface area contributed by atoms with Crippen molar-refractivity contribution in [3.63, 3.8) is 0 Å². The number of carboxylic acids is 1. The van der Waals surface area contributed by atoms with E-state index in [0.717, 1.165) is 0 Å². The highest BCUT2D eigenvalue weighted by Crippen LogP contribution is 2.07. The van der Waals surface area contributed by atoms with Crippen LogP contribution in [0.1, 0.15) is 13.3 Å². The smallest absolute Gasteiger partial charge is 0.307 e. The Hall–Kier alpha value is -0.620. The van der Waals surface area contributed by atoms with Crippen molar-refractivity contribution in [2.24, 2.45) is 5.92 Å². The maximum absolute atomic E-state index is 11.3. The summed E-state index contributed by atoms with van der Waals surface area (Å²) in [7, 11) is -2.90. The molecule has 6 heteroatoms. The molecule has 1 saturated heterocycles. The topological polar surface area (TPSA) is 74.7 Å². The molecule has 1 atom stereocenters. The van der Waals surface area contributed by atoms with Gasteiger partial charge in [-0.1, -0.05) is 6.92 Å². The number of carboxylic acid groups (broad SMARTS) is 1. The van der Waals surface area contributed by atoms with E-state index in [1.807, 2.05) is 4.90 Å². The van der Waals surface area contributed by atoms with E-state index < -0.39 is 21.7 Å². The van der Waals surface area contributed by atoms with Crippen LogP contribution in [0.25, 0.3) is 0 Å². The fourth-order valence-corrected chi connectivity index (χ4v) is 2.95. The molecule has 1 unspecified atom stereocenters. The van der Waals surface area contributed by atoms with Crippen LogP contribution in [0, 0.1) is 5.92 Å². The molecule has 0 saturated carbocycles. The lowest BCUT2D eigenvalue weighted by molar-refractivity contribution is -0.141. The summed E-state index contributed by atoms with van der Waals surface area (Å²) in [6.07, 6.45) is 0.606. The predicted octanol–water partition coefficient (Wildman–Crippen LogP) is -0.172. The zero-order chi connectivity index (χ0) is 11.5. The van der Waals surface area contributed by atoms with Gasteiger partial charge < -0.3 is 10.0 Å². The lowest BCUT2D eigenvalue weighted by Gasteiger charge is -2.21. The van der Waals surface area contributed by atoms with Gasteiger partial charge in [-0.3, -0.25) is 4.79 Å². The van der Waals surface area contributed by atoms with Crippen molar-refractivity contribution in [1.29, 1.82) is 0 Å². The second kappa shape index (κ2) is 4.94. The molecule has 15 heavy (non-hydrogen) atoms. The molecule has 1 aliphatic rings. The van der Waals surface area contributed by atoms with E-state index in [-0.39, 0.29) is 11.5 Å². The first kappa shape index (κ1) is 12.4. The molecule has 1 heterocycles. The number of nitrogens with zero attached hydrogens (tertiary/aromatic N) is 1. The highest BCUT2D eigenvalue weighted by molar-refractivity contribution is 7.91.